The number of methoxy groups -OCH3 is 3. The molecular weight excluding hydrogens is 310 g/mol. The van der Waals surface area contributed by atoms with Crippen LogP contribution in [0.15, 0.2) is 46.5 Å². The molecule has 0 radical (unpaired) electrons. The molecular formula is C18H21NO5. The van der Waals surface area contributed by atoms with Crippen molar-refractivity contribution < 1.29 is 23.7 Å². The minimum absolute atomic E-state index is 0.0179. The first-order valence-corrected chi connectivity index (χ1v) is 7.50. The quantitative estimate of drug-likeness (QED) is 0.721. The highest BCUT2D eigenvalue weighted by Gasteiger charge is 2.39. The van der Waals surface area contributed by atoms with Crippen LogP contribution in [0.4, 0.5) is 0 Å². The van der Waals surface area contributed by atoms with Gasteiger partial charge in [-0.25, -0.2) is 4.79 Å². The molecule has 1 aliphatic heterocycles. The third-order valence-electron chi connectivity index (χ3n) is 4.06. The molecule has 0 aromatic heterocycles. The lowest BCUT2D eigenvalue weighted by Crippen LogP contribution is -2.22. The van der Waals surface area contributed by atoms with Crippen LogP contribution in [0, 0.1) is 11.3 Å². The van der Waals surface area contributed by atoms with E-state index in [2.05, 4.69) is 0 Å². The smallest absolute Gasteiger partial charge is 0.350 e. The van der Waals surface area contributed by atoms with Crippen LogP contribution in [-0.2, 0) is 23.7 Å². The lowest BCUT2D eigenvalue weighted by Gasteiger charge is -2.23. The lowest BCUT2D eigenvalue weighted by atomic mass is 9.93. The number of carbonyl (C=O) groups is 1. The Morgan fingerprint density at radius 1 is 1.29 bits per heavy atom. The number of carbonyl (C=O) groups excluding carboxylic acids is 1. The van der Waals surface area contributed by atoms with E-state index >= 15 is 0 Å². The SMILES string of the molecule is COC1=CC(OC)CC(OC)=C1/C=C/C1=C(C#N)C(=O)OC1(C)C. The first-order valence-electron chi connectivity index (χ1n) is 7.50. The molecule has 2 rings (SSSR count). The van der Waals surface area contributed by atoms with Crippen LogP contribution in [0.3, 0.4) is 0 Å². The van der Waals surface area contributed by atoms with Crippen LogP contribution in [-0.4, -0.2) is 39.0 Å². The summed E-state index contributed by atoms with van der Waals surface area (Å²) in [5, 5.41) is 9.21. The normalized spacial score (nSPS) is 23.2. The Kier molecular flexibility index (Phi) is 5.15. The monoisotopic (exact) mass is 331 g/mol. The molecule has 1 atom stereocenters. The number of rotatable bonds is 5. The van der Waals surface area contributed by atoms with E-state index < -0.39 is 11.6 Å². The summed E-state index contributed by atoms with van der Waals surface area (Å²) in [7, 11) is 4.77. The Balaban J connectivity index is 2.45. The number of cyclic esters (lactones) is 1. The predicted octanol–water partition coefficient (Wildman–Crippen LogP) is 2.55. The van der Waals surface area contributed by atoms with Crippen molar-refractivity contribution in [3.8, 4) is 6.07 Å². The molecule has 0 saturated heterocycles. The molecule has 0 amide bonds. The third-order valence-corrected chi connectivity index (χ3v) is 4.06. The fraction of sp³-hybridized carbons (Fsp3) is 0.444. The summed E-state index contributed by atoms with van der Waals surface area (Å²) in [4.78, 5) is 11.8. The topological polar surface area (TPSA) is 77.8 Å². The maximum atomic E-state index is 11.8. The second-order valence-electron chi connectivity index (χ2n) is 5.89. The number of ether oxygens (including phenoxy) is 4. The fourth-order valence-corrected chi connectivity index (χ4v) is 2.75. The number of nitriles is 1. The molecule has 0 fully saturated rings. The Morgan fingerprint density at radius 3 is 2.54 bits per heavy atom. The van der Waals surface area contributed by atoms with Gasteiger partial charge in [-0.15, -0.1) is 0 Å². The molecule has 2 aliphatic rings. The highest BCUT2D eigenvalue weighted by atomic mass is 16.6. The van der Waals surface area contributed by atoms with E-state index in [1.807, 2.05) is 12.1 Å². The van der Waals surface area contributed by atoms with E-state index in [4.69, 9.17) is 18.9 Å². The van der Waals surface area contributed by atoms with Crippen LogP contribution in [0.2, 0.25) is 0 Å². The summed E-state index contributed by atoms with van der Waals surface area (Å²) in [6, 6.07) is 1.91. The van der Waals surface area contributed by atoms with Crippen molar-refractivity contribution in [2.75, 3.05) is 21.3 Å². The van der Waals surface area contributed by atoms with Gasteiger partial charge in [0.25, 0.3) is 0 Å². The third kappa shape index (κ3) is 3.22. The predicted molar refractivity (Wildman–Crippen MR) is 86.5 cm³/mol. The zero-order valence-corrected chi connectivity index (χ0v) is 14.5. The van der Waals surface area contributed by atoms with E-state index in [0.29, 0.717) is 23.5 Å². The van der Waals surface area contributed by atoms with Gasteiger partial charge in [-0.3, -0.25) is 0 Å². The van der Waals surface area contributed by atoms with Gasteiger partial charge < -0.3 is 18.9 Å². The summed E-state index contributed by atoms with van der Waals surface area (Å²) in [6.07, 6.45) is 5.79. The van der Waals surface area contributed by atoms with Crippen molar-refractivity contribution in [3.05, 3.63) is 46.5 Å². The van der Waals surface area contributed by atoms with Crippen molar-refractivity contribution >= 4 is 5.97 Å². The van der Waals surface area contributed by atoms with Gasteiger partial charge in [0.05, 0.1) is 25.9 Å². The maximum Gasteiger partial charge on any atom is 0.350 e. The number of hydrogen-bond donors (Lipinski definition) is 0. The highest BCUT2D eigenvalue weighted by molar-refractivity contribution is 5.97. The van der Waals surface area contributed by atoms with Crippen LogP contribution >= 0.6 is 0 Å². The summed E-state index contributed by atoms with van der Waals surface area (Å²) in [5.41, 5.74) is 0.437. The molecule has 0 saturated carbocycles. The molecule has 1 unspecified atom stereocenters. The Morgan fingerprint density at radius 2 is 2.00 bits per heavy atom. The average Bonchev–Trinajstić information content (AvgIpc) is 2.79. The zero-order chi connectivity index (χ0) is 17.9. The van der Waals surface area contributed by atoms with Crippen LogP contribution < -0.4 is 0 Å². The van der Waals surface area contributed by atoms with E-state index in [9.17, 15) is 10.1 Å². The van der Waals surface area contributed by atoms with Gasteiger partial charge >= 0.3 is 5.97 Å². The van der Waals surface area contributed by atoms with Gasteiger partial charge in [-0.2, -0.15) is 5.26 Å². The van der Waals surface area contributed by atoms with E-state index in [-0.39, 0.29) is 11.7 Å². The second-order valence-corrected chi connectivity index (χ2v) is 5.89. The molecule has 1 aliphatic carbocycles. The number of nitrogens with zero attached hydrogens (tertiary/aromatic N) is 1. The largest absolute Gasteiger partial charge is 0.500 e. The van der Waals surface area contributed by atoms with Crippen molar-refractivity contribution in [3.63, 3.8) is 0 Å². The van der Waals surface area contributed by atoms with Crippen molar-refractivity contribution in [2.45, 2.75) is 32.0 Å². The van der Waals surface area contributed by atoms with Gasteiger partial charge in [0, 0.05) is 19.1 Å². The molecule has 0 aromatic carbocycles. The molecule has 0 bridgehead atoms. The van der Waals surface area contributed by atoms with Gasteiger partial charge in [-0.1, -0.05) is 6.08 Å². The second kappa shape index (κ2) is 6.93. The molecule has 6 nitrogen and oxygen atoms in total. The fourth-order valence-electron chi connectivity index (χ4n) is 2.75. The number of hydrogen-bond acceptors (Lipinski definition) is 6. The van der Waals surface area contributed by atoms with Crippen LogP contribution in [0.25, 0.3) is 0 Å². The highest BCUT2D eigenvalue weighted by Crippen LogP contribution is 2.35. The first-order chi connectivity index (χ1) is 11.4. The number of esters is 1. The Bertz CT molecular complexity index is 703. The van der Waals surface area contributed by atoms with E-state index in [1.165, 1.54) is 0 Å². The number of allylic oxidation sites excluding steroid dienone is 1. The van der Waals surface area contributed by atoms with Gasteiger partial charge in [0.2, 0.25) is 0 Å². The molecule has 24 heavy (non-hydrogen) atoms. The van der Waals surface area contributed by atoms with Crippen molar-refractivity contribution in [1.29, 1.82) is 5.26 Å². The summed E-state index contributed by atoms with van der Waals surface area (Å²) in [5.74, 6) is 0.719. The average molecular weight is 331 g/mol. The lowest BCUT2D eigenvalue weighted by molar-refractivity contribution is -0.144. The summed E-state index contributed by atoms with van der Waals surface area (Å²) >= 11 is 0. The molecule has 0 aromatic rings. The van der Waals surface area contributed by atoms with Crippen LogP contribution in [0.1, 0.15) is 20.3 Å². The standard InChI is InChI=1S/C18H21NO5/c1-18(2)14(13(10-19)17(20)24-18)7-6-12-15(22-4)8-11(21-3)9-16(12)23-5/h6-8,11H,9H2,1-5H3/b7-6+. The van der Waals surface area contributed by atoms with Gasteiger partial charge in [0.1, 0.15) is 28.8 Å². The minimum atomic E-state index is -0.854. The molecule has 0 spiro atoms. The molecule has 0 N–H and O–H groups in total. The zero-order valence-electron chi connectivity index (χ0n) is 14.5. The maximum absolute atomic E-state index is 11.8. The molecule has 128 valence electrons. The Labute approximate surface area is 141 Å². The van der Waals surface area contributed by atoms with E-state index in [0.717, 1.165) is 5.57 Å². The minimum Gasteiger partial charge on any atom is -0.500 e. The van der Waals surface area contributed by atoms with Crippen molar-refractivity contribution in [2.24, 2.45) is 0 Å². The molecule has 1 heterocycles. The van der Waals surface area contributed by atoms with Gasteiger partial charge in [0.15, 0.2) is 0 Å². The first kappa shape index (κ1) is 17.8. The Hall–Kier alpha value is -2.52. The van der Waals surface area contributed by atoms with E-state index in [1.54, 1.807) is 47.3 Å². The summed E-state index contributed by atoms with van der Waals surface area (Å²) in [6.45, 7) is 3.49. The van der Waals surface area contributed by atoms with Gasteiger partial charge in [-0.05, 0) is 26.0 Å². The molecule has 6 heteroatoms. The van der Waals surface area contributed by atoms with Crippen LogP contribution in [0.5, 0.6) is 0 Å². The summed E-state index contributed by atoms with van der Waals surface area (Å²) < 4.78 is 21.5. The van der Waals surface area contributed by atoms with Crippen molar-refractivity contribution in [1.82, 2.24) is 0 Å².